The molecule has 4 heterocycles. The Balaban J connectivity index is 1.11. The smallest absolute Gasteiger partial charge is 0.262 e. The number of hydrogen-bond donors (Lipinski definition) is 1. The lowest BCUT2D eigenvalue weighted by Crippen LogP contribution is -2.69. The Kier molecular flexibility index (Phi) is 9.09. The number of allylic oxidation sites excluding steroid dienone is 1. The van der Waals surface area contributed by atoms with E-state index in [1.165, 1.54) is 17.5 Å². The summed E-state index contributed by atoms with van der Waals surface area (Å²) in [5, 5.41) is 0.451. The third kappa shape index (κ3) is 5.80. The first kappa shape index (κ1) is 37.0. The Morgan fingerprint density at radius 1 is 1.13 bits per heavy atom. The van der Waals surface area contributed by atoms with E-state index < -0.39 is 15.3 Å². The summed E-state index contributed by atoms with van der Waals surface area (Å²) >= 11 is 6.54. The van der Waals surface area contributed by atoms with Gasteiger partial charge in [0, 0.05) is 78.7 Å². The largest absolute Gasteiger partial charge is 0.490 e. The second-order valence-corrected chi connectivity index (χ2v) is 21.3. The van der Waals surface area contributed by atoms with Crippen LogP contribution in [0.3, 0.4) is 0 Å². The van der Waals surface area contributed by atoms with Crippen LogP contribution in [0.1, 0.15) is 87.7 Å². The van der Waals surface area contributed by atoms with Crippen molar-refractivity contribution in [1.82, 2.24) is 14.5 Å². The number of methoxy groups -OCH3 is 1. The zero-order valence-electron chi connectivity index (χ0n) is 32.8. The third-order valence-electron chi connectivity index (χ3n) is 15.3. The molecule has 0 aromatic heterocycles. The molecule has 1 N–H and O–H groups in total. The van der Waals surface area contributed by atoms with E-state index in [0.29, 0.717) is 41.6 Å². The van der Waals surface area contributed by atoms with Gasteiger partial charge in [-0.15, -0.1) is 0 Å². The second kappa shape index (κ2) is 13.3. The SMILES string of the molecule is C=S1(=O)NC(=O)c2ccc3c(c2)N(C[C@@H]2CC[C@H]2[C@](CN2C[C@@H]4CC45[C@H]2CN5C(C)C)(OC)/C=C/C[C@H](C)[C@H]1C)C[C@@]1(CCCc2cc(Cl)ccc21)CO3. The van der Waals surface area contributed by atoms with Gasteiger partial charge in [-0.3, -0.25) is 19.3 Å². The number of fused-ring (bicyclic) bond motifs is 4. The number of halogens is 1. The van der Waals surface area contributed by atoms with Crippen molar-refractivity contribution in [2.45, 2.75) is 107 Å². The van der Waals surface area contributed by atoms with Crippen LogP contribution in [0.15, 0.2) is 48.6 Å². The highest BCUT2D eigenvalue weighted by Crippen LogP contribution is 2.64. The molecule has 10 atom stereocenters. The Morgan fingerprint density at radius 2 is 1.96 bits per heavy atom. The van der Waals surface area contributed by atoms with Gasteiger partial charge in [0.1, 0.15) is 11.4 Å². The predicted molar refractivity (Wildman–Crippen MR) is 219 cm³/mol. The number of carbonyl (C=O) groups is 1. The number of hydrogen-bond acceptors (Lipinski definition) is 7. The maximum atomic E-state index is 14.1. The summed E-state index contributed by atoms with van der Waals surface area (Å²) < 4.78 is 30.6. The molecule has 2 saturated heterocycles. The fourth-order valence-electron chi connectivity index (χ4n) is 11.8. The number of aryl methyl sites for hydroxylation is 1. The van der Waals surface area contributed by atoms with Gasteiger partial charge < -0.3 is 14.4 Å². The highest BCUT2D eigenvalue weighted by molar-refractivity contribution is 7.99. The monoisotopic (exact) mass is 774 g/mol. The van der Waals surface area contributed by atoms with Gasteiger partial charge >= 0.3 is 0 Å². The van der Waals surface area contributed by atoms with Crippen molar-refractivity contribution in [2.75, 3.05) is 51.3 Å². The zero-order valence-corrected chi connectivity index (χ0v) is 34.4. The Hall–Kier alpha value is -2.56. The van der Waals surface area contributed by atoms with Crippen molar-refractivity contribution < 1.29 is 18.5 Å². The molecule has 2 bridgehead atoms. The summed E-state index contributed by atoms with van der Waals surface area (Å²) in [5.41, 5.74) is 3.75. The van der Waals surface area contributed by atoms with Crippen LogP contribution in [0.5, 0.6) is 5.75 Å². The quantitative estimate of drug-likeness (QED) is 0.273. The number of piperidine rings is 1. The molecule has 2 aromatic rings. The van der Waals surface area contributed by atoms with Gasteiger partial charge in [0.05, 0.1) is 22.0 Å². The van der Waals surface area contributed by atoms with E-state index in [-0.39, 0.29) is 22.5 Å². The molecular formula is C44H59ClN4O4S. The molecule has 3 aliphatic carbocycles. The van der Waals surface area contributed by atoms with Gasteiger partial charge in [-0.25, -0.2) is 4.21 Å². The van der Waals surface area contributed by atoms with Crippen LogP contribution >= 0.6 is 11.6 Å². The van der Waals surface area contributed by atoms with E-state index >= 15 is 0 Å². The minimum atomic E-state index is -2.95. The van der Waals surface area contributed by atoms with Gasteiger partial charge in [0.15, 0.2) is 0 Å². The van der Waals surface area contributed by atoms with Crippen molar-refractivity contribution in [3.8, 4) is 5.75 Å². The number of anilines is 1. The molecule has 0 radical (unpaired) electrons. The molecule has 54 heavy (non-hydrogen) atoms. The lowest BCUT2D eigenvalue weighted by Gasteiger charge is -2.56. The minimum Gasteiger partial charge on any atom is -0.490 e. The van der Waals surface area contributed by atoms with E-state index in [1.54, 1.807) is 0 Å². The van der Waals surface area contributed by atoms with Gasteiger partial charge in [0.2, 0.25) is 0 Å². The average molecular weight is 775 g/mol. The molecule has 10 heteroatoms. The maximum absolute atomic E-state index is 14.1. The normalized spacial score (nSPS) is 40.9. The topological polar surface area (TPSA) is 74.4 Å². The maximum Gasteiger partial charge on any atom is 0.262 e. The third-order valence-corrected chi connectivity index (χ3v) is 17.8. The number of likely N-dealkylation sites (tertiary alicyclic amines) is 2. The van der Waals surface area contributed by atoms with E-state index in [4.69, 9.17) is 21.1 Å². The van der Waals surface area contributed by atoms with Crippen molar-refractivity contribution in [1.29, 1.82) is 0 Å². The number of amides is 1. The highest BCUT2D eigenvalue weighted by Gasteiger charge is 2.75. The number of ether oxygens (including phenoxy) is 2. The summed E-state index contributed by atoms with van der Waals surface area (Å²) in [6, 6.07) is 13.3. The Morgan fingerprint density at radius 3 is 2.72 bits per heavy atom. The molecule has 2 aromatic carbocycles. The fourth-order valence-corrected chi connectivity index (χ4v) is 13.5. The molecule has 8 nitrogen and oxygen atoms in total. The summed E-state index contributed by atoms with van der Waals surface area (Å²) in [6.07, 6.45) is 12.1. The first-order valence-electron chi connectivity index (χ1n) is 20.5. The fraction of sp³-hybridized carbons (Fsp3) is 0.636. The van der Waals surface area contributed by atoms with Crippen LogP contribution in [-0.4, -0.2) is 101 Å². The van der Waals surface area contributed by atoms with Crippen LogP contribution in [-0.2, 0) is 26.3 Å². The Labute approximate surface area is 328 Å². The minimum absolute atomic E-state index is 0.0421. The van der Waals surface area contributed by atoms with E-state index in [2.05, 4.69) is 70.3 Å². The van der Waals surface area contributed by atoms with Crippen LogP contribution in [0.4, 0.5) is 5.69 Å². The number of nitrogens with one attached hydrogen (secondary N) is 1. The molecule has 4 fully saturated rings. The summed E-state index contributed by atoms with van der Waals surface area (Å²) in [6.45, 7) is 14.1. The molecule has 9 rings (SSSR count). The first-order chi connectivity index (χ1) is 25.8. The van der Waals surface area contributed by atoms with E-state index in [9.17, 15) is 9.00 Å². The first-order valence-corrected chi connectivity index (χ1v) is 22.7. The second-order valence-electron chi connectivity index (χ2n) is 18.5. The molecule has 4 aliphatic heterocycles. The van der Waals surface area contributed by atoms with Crippen LogP contribution in [0.2, 0.25) is 5.02 Å². The van der Waals surface area contributed by atoms with Crippen LogP contribution in [0, 0.1) is 23.7 Å². The molecular weight excluding hydrogens is 716 g/mol. The van der Waals surface area contributed by atoms with Crippen molar-refractivity contribution in [3.05, 3.63) is 70.3 Å². The van der Waals surface area contributed by atoms with Gasteiger partial charge in [-0.1, -0.05) is 36.7 Å². The zero-order chi connectivity index (χ0) is 37.8. The molecule has 2 saturated carbocycles. The molecule has 292 valence electrons. The number of rotatable bonds is 4. The van der Waals surface area contributed by atoms with Gasteiger partial charge in [-0.2, -0.15) is 0 Å². The lowest BCUT2D eigenvalue weighted by molar-refractivity contribution is -0.112. The molecule has 2 unspecified atom stereocenters. The molecule has 1 amide bonds. The number of benzene rings is 2. The summed E-state index contributed by atoms with van der Waals surface area (Å²) in [5.74, 6) is 6.06. The Bertz CT molecular complexity index is 1970. The lowest BCUT2D eigenvalue weighted by atomic mass is 9.63. The highest BCUT2D eigenvalue weighted by atomic mass is 35.5. The summed E-state index contributed by atoms with van der Waals surface area (Å²) in [7, 11) is -1.02. The number of carbonyl (C=O) groups excluding carboxylic acids is 1. The van der Waals surface area contributed by atoms with Gasteiger partial charge in [0.25, 0.3) is 5.91 Å². The van der Waals surface area contributed by atoms with Crippen molar-refractivity contribution in [3.63, 3.8) is 0 Å². The number of nitrogens with zero attached hydrogens (tertiary/aromatic N) is 3. The standard InChI is InChI=1S/C44H59ClN4O4S/c1-28(2)49-24-40-44(49)21-34(44)23-48(40)26-43(52-5)18-7-9-29(3)30(4)54(6,51)46-41(50)32-12-16-39-38(20-32)47(22-33-11-14-37(33)43)25-42(27-53-39)17-8-10-31-19-35(45)13-15-36(31)42/h7,12-13,15-16,18-20,28-30,33-34,37,40H,6,8-11,14,17,21-27H2,1-5H3,(H,46,50,51)/b18-7+/t29-,30+,33-,34-,37+,40+,42-,43-,44?,54?/m0/s1. The predicted octanol–water partition coefficient (Wildman–Crippen LogP) is 6.74. The van der Waals surface area contributed by atoms with Crippen LogP contribution < -0.4 is 14.4 Å². The molecule has 2 spiro atoms. The molecule has 7 aliphatic rings. The van der Waals surface area contributed by atoms with Crippen LogP contribution in [0.25, 0.3) is 0 Å². The van der Waals surface area contributed by atoms with Gasteiger partial charge in [-0.05, 0) is 137 Å². The van der Waals surface area contributed by atoms with E-state index in [1.807, 2.05) is 38.3 Å². The van der Waals surface area contributed by atoms with Crippen molar-refractivity contribution >= 4 is 38.8 Å². The van der Waals surface area contributed by atoms with Crippen molar-refractivity contribution in [2.24, 2.45) is 23.7 Å². The summed E-state index contributed by atoms with van der Waals surface area (Å²) in [4.78, 5) is 21.9. The van der Waals surface area contributed by atoms with E-state index in [0.717, 1.165) is 93.6 Å². The average Bonchev–Trinajstić information content (AvgIpc) is 3.84.